The van der Waals surface area contributed by atoms with Gasteiger partial charge >= 0.3 is 0 Å². The van der Waals surface area contributed by atoms with E-state index < -0.39 is 20.0 Å². The minimum atomic E-state index is -1.96. The lowest BCUT2D eigenvalue weighted by Crippen LogP contribution is -2.52. The van der Waals surface area contributed by atoms with Gasteiger partial charge in [0.25, 0.3) is 0 Å². The molecule has 0 aromatic heterocycles. The molecule has 0 radical (unpaired) electrons. The van der Waals surface area contributed by atoms with Gasteiger partial charge in [0.05, 0.1) is 0 Å². The SMILES string of the molecule is C=CC[C@H](O)C#CC(C)(C)O[Si](C(C)C)(C(C)C)C(C)C. The number of aliphatic hydroxyl groups excluding tert-OH is 1. The monoisotopic (exact) mass is 310 g/mol. The van der Waals surface area contributed by atoms with Crippen LogP contribution in [0, 0.1) is 11.8 Å². The van der Waals surface area contributed by atoms with Gasteiger partial charge < -0.3 is 9.53 Å². The first kappa shape index (κ1) is 20.4. The molecule has 0 saturated carbocycles. The Balaban J connectivity index is 5.37. The van der Waals surface area contributed by atoms with Crippen molar-refractivity contribution in [1.82, 2.24) is 0 Å². The van der Waals surface area contributed by atoms with Crippen LogP contribution in [0.3, 0.4) is 0 Å². The van der Waals surface area contributed by atoms with Gasteiger partial charge in [-0.25, -0.2) is 0 Å². The Morgan fingerprint density at radius 1 is 1.10 bits per heavy atom. The predicted molar refractivity (Wildman–Crippen MR) is 94.8 cm³/mol. The standard InChI is InChI=1S/C18H34O2Si/c1-10-11-17(19)12-13-18(8,9)20-21(14(2)3,15(4)5)16(6)7/h10,14-17,19H,1,11H2,2-9H3/t17-/m0/s1. The molecule has 0 aliphatic carbocycles. The van der Waals surface area contributed by atoms with Crippen molar-refractivity contribution >= 4 is 8.32 Å². The summed E-state index contributed by atoms with van der Waals surface area (Å²) < 4.78 is 6.67. The van der Waals surface area contributed by atoms with E-state index in [1.54, 1.807) is 6.08 Å². The van der Waals surface area contributed by atoms with Crippen LogP contribution in [0.5, 0.6) is 0 Å². The Hall–Kier alpha value is -0.563. The highest BCUT2D eigenvalue weighted by Crippen LogP contribution is 2.44. The lowest BCUT2D eigenvalue weighted by atomic mass is 10.1. The molecule has 0 aromatic carbocycles. The van der Waals surface area contributed by atoms with Crippen LogP contribution in [-0.2, 0) is 4.43 Å². The fourth-order valence-electron chi connectivity index (χ4n) is 3.29. The highest BCUT2D eigenvalue weighted by Gasteiger charge is 2.48. The van der Waals surface area contributed by atoms with Crippen LogP contribution in [0.25, 0.3) is 0 Å². The molecule has 0 aliphatic rings. The van der Waals surface area contributed by atoms with E-state index in [0.29, 0.717) is 23.0 Å². The van der Waals surface area contributed by atoms with Crippen molar-refractivity contribution in [3.05, 3.63) is 12.7 Å². The van der Waals surface area contributed by atoms with E-state index in [2.05, 4.69) is 60.0 Å². The molecule has 0 bridgehead atoms. The van der Waals surface area contributed by atoms with Crippen molar-refractivity contribution in [3.8, 4) is 11.8 Å². The summed E-state index contributed by atoms with van der Waals surface area (Å²) >= 11 is 0. The van der Waals surface area contributed by atoms with Gasteiger partial charge in [0.2, 0.25) is 8.32 Å². The predicted octanol–water partition coefficient (Wildman–Crippen LogP) is 4.90. The van der Waals surface area contributed by atoms with Crippen molar-refractivity contribution in [3.63, 3.8) is 0 Å². The Labute approximate surface area is 133 Å². The second-order valence-electron chi connectivity index (χ2n) is 7.24. The molecule has 0 spiro atoms. The maximum absolute atomic E-state index is 9.75. The normalized spacial score (nSPS) is 14.3. The van der Waals surface area contributed by atoms with Crippen LogP contribution >= 0.6 is 0 Å². The molecular weight excluding hydrogens is 276 g/mol. The fourth-order valence-corrected chi connectivity index (χ4v) is 8.94. The average molecular weight is 311 g/mol. The van der Waals surface area contributed by atoms with Crippen LogP contribution in [0.1, 0.15) is 61.8 Å². The van der Waals surface area contributed by atoms with E-state index in [1.165, 1.54) is 0 Å². The summed E-state index contributed by atoms with van der Waals surface area (Å²) in [5.41, 5.74) is 1.04. The number of rotatable bonds is 7. The van der Waals surface area contributed by atoms with Crippen molar-refractivity contribution in [2.24, 2.45) is 0 Å². The third kappa shape index (κ3) is 5.62. The lowest BCUT2D eigenvalue weighted by Gasteiger charge is -2.46. The van der Waals surface area contributed by atoms with Crippen LogP contribution in [0.2, 0.25) is 16.6 Å². The molecule has 21 heavy (non-hydrogen) atoms. The van der Waals surface area contributed by atoms with Gasteiger partial charge in [0.1, 0.15) is 11.7 Å². The first-order valence-electron chi connectivity index (χ1n) is 8.01. The fraction of sp³-hybridized carbons (Fsp3) is 0.778. The maximum Gasteiger partial charge on any atom is 0.202 e. The van der Waals surface area contributed by atoms with Gasteiger partial charge in [-0.2, -0.15) is 0 Å². The van der Waals surface area contributed by atoms with Crippen molar-refractivity contribution in [2.75, 3.05) is 0 Å². The highest BCUT2D eigenvalue weighted by atomic mass is 28.4. The molecule has 2 nitrogen and oxygen atoms in total. The van der Waals surface area contributed by atoms with Crippen molar-refractivity contribution < 1.29 is 9.53 Å². The summed E-state index contributed by atoms with van der Waals surface area (Å²) in [5.74, 6) is 6.02. The zero-order valence-corrected chi connectivity index (χ0v) is 16.2. The van der Waals surface area contributed by atoms with E-state index in [0.717, 1.165) is 0 Å². The minimum absolute atomic E-state index is 0.490. The summed E-state index contributed by atoms with van der Waals surface area (Å²) in [6, 6.07) is 0. The van der Waals surface area contributed by atoms with Crippen molar-refractivity contribution in [2.45, 2.75) is 90.1 Å². The Morgan fingerprint density at radius 2 is 1.52 bits per heavy atom. The zero-order chi connectivity index (χ0) is 16.8. The van der Waals surface area contributed by atoms with Crippen LogP contribution in [0.4, 0.5) is 0 Å². The van der Waals surface area contributed by atoms with E-state index in [1.807, 2.05) is 13.8 Å². The largest absolute Gasteiger partial charge is 0.400 e. The van der Waals surface area contributed by atoms with E-state index in [9.17, 15) is 5.11 Å². The third-order valence-electron chi connectivity index (χ3n) is 4.07. The molecule has 0 saturated heterocycles. The van der Waals surface area contributed by atoms with Crippen molar-refractivity contribution in [1.29, 1.82) is 0 Å². The second-order valence-corrected chi connectivity index (χ2v) is 12.6. The molecule has 122 valence electrons. The molecule has 0 unspecified atom stereocenters. The van der Waals surface area contributed by atoms with E-state index in [-0.39, 0.29) is 0 Å². The Morgan fingerprint density at radius 3 is 1.86 bits per heavy atom. The smallest absolute Gasteiger partial charge is 0.202 e. The summed E-state index contributed by atoms with van der Waals surface area (Å²) in [6.45, 7) is 21.2. The van der Waals surface area contributed by atoms with Gasteiger partial charge in [0.15, 0.2) is 0 Å². The first-order chi connectivity index (χ1) is 9.49. The molecule has 0 fully saturated rings. The molecule has 0 heterocycles. The van der Waals surface area contributed by atoms with Gasteiger partial charge in [-0.05, 0) is 30.5 Å². The van der Waals surface area contributed by atoms with Crippen LogP contribution in [-0.4, -0.2) is 25.1 Å². The molecule has 1 atom stereocenters. The summed E-state index contributed by atoms with van der Waals surface area (Å²) in [6.07, 6.45) is 1.52. The molecule has 0 rings (SSSR count). The number of hydrogen-bond acceptors (Lipinski definition) is 2. The minimum Gasteiger partial charge on any atom is -0.400 e. The van der Waals surface area contributed by atoms with Gasteiger partial charge in [-0.3, -0.25) is 0 Å². The van der Waals surface area contributed by atoms with Gasteiger partial charge in [-0.1, -0.05) is 59.5 Å². The summed E-state index contributed by atoms with van der Waals surface area (Å²) in [7, 11) is -1.96. The maximum atomic E-state index is 9.75. The Kier molecular flexibility index (Phi) is 7.95. The summed E-state index contributed by atoms with van der Waals surface area (Å²) in [5, 5.41) is 9.75. The molecule has 3 heteroatoms. The molecular formula is C18H34O2Si. The molecule has 1 N–H and O–H groups in total. The van der Waals surface area contributed by atoms with E-state index in [4.69, 9.17) is 4.43 Å². The molecule has 0 aliphatic heterocycles. The topological polar surface area (TPSA) is 29.5 Å². The Bertz CT molecular complexity index is 364. The van der Waals surface area contributed by atoms with E-state index >= 15 is 0 Å². The highest BCUT2D eigenvalue weighted by molar-refractivity contribution is 6.77. The van der Waals surface area contributed by atoms with Gasteiger partial charge in [0, 0.05) is 6.42 Å². The molecule has 0 aromatic rings. The number of hydrogen-bond donors (Lipinski definition) is 1. The molecule has 0 amide bonds. The third-order valence-corrected chi connectivity index (χ3v) is 10.3. The van der Waals surface area contributed by atoms with Crippen LogP contribution in [0.15, 0.2) is 12.7 Å². The van der Waals surface area contributed by atoms with Gasteiger partial charge in [-0.15, -0.1) is 6.58 Å². The zero-order valence-electron chi connectivity index (χ0n) is 15.2. The van der Waals surface area contributed by atoms with Crippen LogP contribution < -0.4 is 0 Å². The second kappa shape index (κ2) is 8.17. The summed E-state index contributed by atoms with van der Waals surface area (Å²) in [4.78, 5) is 0. The quantitative estimate of drug-likeness (QED) is 0.412. The lowest BCUT2D eigenvalue weighted by molar-refractivity contribution is 0.143. The average Bonchev–Trinajstić information content (AvgIpc) is 2.33. The number of aliphatic hydroxyl groups is 1. The first-order valence-corrected chi connectivity index (χ1v) is 10.2.